The average Bonchev–Trinajstić information content (AvgIpc) is 3.27. The van der Waals surface area contributed by atoms with E-state index in [1.165, 1.54) is 21.4 Å². The van der Waals surface area contributed by atoms with E-state index < -0.39 is 0 Å². The van der Waals surface area contributed by atoms with Crippen molar-refractivity contribution in [3.05, 3.63) is 68.7 Å². The zero-order valence-electron chi connectivity index (χ0n) is 13.3. The van der Waals surface area contributed by atoms with Gasteiger partial charge in [-0.05, 0) is 35.3 Å². The van der Waals surface area contributed by atoms with E-state index in [0.717, 1.165) is 5.56 Å². The standard InChI is InChI=1S/C18H15N3O2S/c1-11(2)13-7-5-12(6-8-13)10-15-17(22)21-18(24-15)19-16(20-21)14-4-3-9-23-14/h3-11H,1-2H3/b15-10-. The Labute approximate surface area is 141 Å². The van der Waals surface area contributed by atoms with Crippen molar-refractivity contribution >= 4 is 22.4 Å². The first kappa shape index (κ1) is 14.8. The fourth-order valence-corrected chi connectivity index (χ4v) is 3.38. The summed E-state index contributed by atoms with van der Waals surface area (Å²) in [6, 6.07) is 11.8. The molecular formula is C18H15N3O2S. The molecule has 4 aromatic rings. The second kappa shape index (κ2) is 5.72. The monoisotopic (exact) mass is 337 g/mol. The molecule has 0 amide bonds. The molecule has 0 saturated carbocycles. The molecule has 3 aromatic heterocycles. The van der Waals surface area contributed by atoms with Gasteiger partial charge in [0.15, 0.2) is 5.76 Å². The lowest BCUT2D eigenvalue weighted by Gasteiger charge is -2.04. The number of aromatic nitrogens is 3. The van der Waals surface area contributed by atoms with Crippen LogP contribution in [-0.2, 0) is 0 Å². The third kappa shape index (κ3) is 2.55. The van der Waals surface area contributed by atoms with Gasteiger partial charge in [-0.1, -0.05) is 49.4 Å². The Morgan fingerprint density at radius 2 is 2.00 bits per heavy atom. The van der Waals surface area contributed by atoms with Crippen LogP contribution in [0.4, 0.5) is 0 Å². The van der Waals surface area contributed by atoms with Gasteiger partial charge in [0.05, 0.1) is 10.8 Å². The molecular weight excluding hydrogens is 322 g/mol. The summed E-state index contributed by atoms with van der Waals surface area (Å²) < 4.78 is 7.22. The molecule has 0 aliphatic carbocycles. The van der Waals surface area contributed by atoms with Crippen molar-refractivity contribution in [2.45, 2.75) is 19.8 Å². The van der Waals surface area contributed by atoms with Crippen LogP contribution in [0.5, 0.6) is 0 Å². The highest BCUT2D eigenvalue weighted by molar-refractivity contribution is 7.15. The van der Waals surface area contributed by atoms with Gasteiger partial charge in [0, 0.05) is 0 Å². The van der Waals surface area contributed by atoms with Crippen molar-refractivity contribution in [1.82, 2.24) is 14.6 Å². The van der Waals surface area contributed by atoms with Crippen LogP contribution in [0.3, 0.4) is 0 Å². The summed E-state index contributed by atoms with van der Waals surface area (Å²) in [5.74, 6) is 1.47. The first-order chi connectivity index (χ1) is 11.6. The van der Waals surface area contributed by atoms with E-state index in [1.807, 2.05) is 18.2 Å². The second-order valence-electron chi connectivity index (χ2n) is 5.84. The maximum atomic E-state index is 12.5. The fraction of sp³-hybridized carbons (Fsp3) is 0.167. The van der Waals surface area contributed by atoms with Crippen molar-refractivity contribution in [3.63, 3.8) is 0 Å². The molecule has 0 radical (unpaired) electrons. The average molecular weight is 337 g/mol. The van der Waals surface area contributed by atoms with Gasteiger partial charge >= 0.3 is 0 Å². The van der Waals surface area contributed by atoms with Crippen molar-refractivity contribution in [1.29, 1.82) is 0 Å². The Morgan fingerprint density at radius 3 is 2.62 bits per heavy atom. The van der Waals surface area contributed by atoms with Gasteiger partial charge < -0.3 is 4.42 Å². The summed E-state index contributed by atoms with van der Waals surface area (Å²) in [6.07, 6.45) is 3.43. The summed E-state index contributed by atoms with van der Waals surface area (Å²) in [7, 11) is 0. The number of fused-ring (bicyclic) bond motifs is 1. The lowest BCUT2D eigenvalue weighted by molar-refractivity contribution is 0.577. The van der Waals surface area contributed by atoms with Crippen LogP contribution in [0.2, 0.25) is 0 Å². The molecule has 0 spiro atoms. The molecule has 6 heteroatoms. The minimum absolute atomic E-state index is 0.159. The molecule has 0 N–H and O–H groups in total. The highest BCUT2D eigenvalue weighted by Crippen LogP contribution is 2.17. The van der Waals surface area contributed by atoms with E-state index in [2.05, 4.69) is 36.1 Å². The van der Waals surface area contributed by atoms with Gasteiger partial charge in [-0.25, -0.2) is 0 Å². The molecule has 0 saturated heterocycles. The Balaban J connectivity index is 1.76. The van der Waals surface area contributed by atoms with Crippen LogP contribution in [-0.4, -0.2) is 14.6 Å². The van der Waals surface area contributed by atoms with E-state index in [0.29, 0.717) is 27.0 Å². The van der Waals surface area contributed by atoms with Crippen molar-refractivity contribution < 1.29 is 4.42 Å². The van der Waals surface area contributed by atoms with Gasteiger partial charge in [0.1, 0.15) is 0 Å². The van der Waals surface area contributed by atoms with E-state index in [1.54, 1.807) is 18.4 Å². The van der Waals surface area contributed by atoms with Crippen molar-refractivity contribution in [2.75, 3.05) is 0 Å². The molecule has 5 nitrogen and oxygen atoms in total. The number of thiazole rings is 1. The summed E-state index contributed by atoms with van der Waals surface area (Å²) in [4.78, 5) is 17.4. The van der Waals surface area contributed by atoms with Crippen LogP contribution in [0, 0.1) is 0 Å². The van der Waals surface area contributed by atoms with Crippen LogP contribution in [0.15, 0.2) is 51.9 Å². The van der Waals surface area contributed by atoms with E-state index in [4.69, 9.17) is 4.42 Å². The Morgan fingerprint density at radius 1 is 1.21 bits per heavy atom. The number of hydrogen-bond acceptors (Lipinski definition) is 5. The first-order valence-electron chi connectivity index (χ1n) is 7.67. The Hall–Kier alpha value is -2.73. The molecule has 0 bridgehead atoms. The van der Waals surface area contributed by atoms with Crippen LogP contribution >= 0.6 is 11.3 Å². The number of nitrogens with zero attached hydrogens (tertiary/aromatic N) is 3. The van der Waals surface area contributed by atoms with Gasteiger partial charge in [0.25, 0.3) is 5.56 Å². The van der Waals surface area contributed by atoms with Crippen molar-refractivity contribution in [2.24, 2.45) is 0 Å². The topological polar surface area (TPSA) is 60.4 Å². The Kier molecular flexibility index (Phi) is 3.54. The summed E-state index contributed by atoms with van der Waals surface area (Å²) in [6.45, 7) is 4.32. The molecule has 0 aliphatic rings. The predicted molar refractivity (Wildman–Crippen MR) is 94.2 cm³/mol. The number of hydrogen-bond donors (Lipinski definition) is 0. The first-order valence-corrected chi connectivity index (χ1v) is 8.48. The number of furan rings is 1. The third-order valence-electron chi connectivity index (χ3n) is 3.82. The zero-order chi connectivity index (χ0) is 16.7. The predicted octanol–water partition coefficient (Wildman–Crippen LogP) is 3.08. The lowest BCUT2D eigenvalue weighted by Crippen LogP contribution is -2.23. The molecule has 24 heavy (non-hydrogen) atoms. The maximum Gasteiger partial charge on any atom is 0.291 e. The normalized spacial score (nSPS) is 12.5. The number of benzene rings is 1. The molecule has 4 rings (SSSR count). The maximum absolute atomic E-state index is 12.5. The van der Waals surface area contributed by atoms with E-state index >= 15 is 0 Å². The second-order valence-corrected chi connectivity index (χ2v) is 6.85. The summed E-state index contributed by atoms with van der Waals surface area (Å²) >= 11 is 1.33. The van der Waals surface area contributed by atoms with Crippen LogP contribution in [0.1, 0.15) is 30.9 Å². The zero-order valence-corrected chi connectivity index (χ0v) is 14.1. The SMILES string of the molecule is CC(C)c1ccc(/C=c2\sc3nc(-c4ccco4)nn3c2=O)cc1. The highest BCUT2D eigenvalue weighted by atomic mass is 32.1. The minimum Gasteiger partial charge on any atom is -0.461 e. The number of rotatable bonds is 3. The third-order valence-corrected chi connectivity index (χ3v) is 4.78. The van der Waals surface area contributed by atoms with Crippen LogP contribution in [0.25, 0.3) is 22.6 Å². The van der Waals surface area contributed by atoms with Gasteiger partial charge in [-0.2, -0.15) is 9.50 Å². The molecule has 3 heterocycles. The summed E-state index contributed by atoms with van der Waals surface area (Å²) in [5, 5.41) is 4.24. The molecule has 120 valence electrons. The molecule has 0 atom stereocenters. The largest absolute Gasteiger partial charge is 0.461 e. The smallest absolute Gasteiger partial charge is 0.291 e. The van der Waals surface area contributed by atoms with Crippen LogP contribution < -0.4 is 10.1 Å². The summed E-state index contributed by atoms with van der Waals surface area (Å²) in [5.41, 5.74) is 2.11. The molecule has 0 fully saturated rings. The minimum atomic E-state index is -0.159. The quantitative estimate of drug-likeness (QED) is 0.576. The molecule has 1 aromatic carbocycles. The van der Waals surface area contributed by atoms with Crippen molar-refractivity contribution in [3.8, 4) is 11.6 Å². The van der Waals surface area contributed by atoms with Gasteiger partial charge in [-0.15, -0.1) is 5.10 Å². The van der Waals surface area contributed by atoms with Gasteiger partial charge in [-0.3, -0.25) is 4.79 Å². The van der Waals surface area contributed by atoms with Gasteiger partial charge in [0.2, 0.25) is 10.8 Å². The lowest BCUT2D eigenvalue weighted by atomic mass is 10.0. The van der Waals surface area contributed by atoms with E-state index in [9.17, 15) is 4.79 Å². The van der Waals surface area contributed by atoms with E-state index in [-0.39, 0.29) is 5.56 Å². The highest BCUT2D eigenvalue weighted by Gasteiger charge is 2.13. The Bertz CT molecular complexity index is 1090. The molecule has 0 unspecified atom stereocenters. The fourth-order valence-electron chi connectivity index (χ4n) is 2.47. The molecule has 0 aliphatic heterocycles.